The molecule has 2 fully saturated rings. The number of hydrogen-bond donors (Lipinski definition) is 0. The zero-order chi connectivity index (χ0) is 22.6. The fourth-order valence-corrected chi connectivity index (χ4v) is 5.12. The molecule has 32 heavy (non-hydrogen) atoms. The maximum Gasteiger partial charge on any atom is 0.410 e. The maximum absolute atomic E-state index is 12.7. The molecule has 9 nitrogen and oxygen atoms in total. The van der Waals surface area contributed by atoms with E-state index < -0.39 is 5.60 Å². The Labute approximate surface area is 187 Å². The van der Waals surface area contributed by atoms with Crippen molar-refractivity contribution in [3.05, 3.63) is 30.9 Å². The summed E-state index contributed by atoms with van der Waals surface area (Å²) in [5, 5.41) is 8.65. The second kappa shape index (κ2) is 7.50. The molecule has 3 heterocycles. The Morgan fingerprint density at radius 3 is 2.69 bits per heavy atom. The summed E-state index contributed by atoms with van der Waals surface area (Å²) in [6.45, 7) is 5.68. The number of aromatic nitrogens is 5. The third-order valence-corrected chi connectivity index (χ3v) is 6.52. The summed E-state index contributed by atoms with van der Waals surface area (Å²) < 4.78 is 15.7. The summed E-state index contributed by atoms with van der Waals surface area (Å²) in [4.78, 5) is 19.2. The number of hydrogen-bond acceptors (Lipinski definition) is 6. The van der Waals surface area contributed by atoms with Crippen molar-refractivity contribution in [3.63, 3.8) is 0 Å². The number of ether oxygens (including phenoxy) is 2. The van der Waals surface area contributed by atoms with E-state index in [-0.39, 0.29) is 24.2 Å². The SMILES string of the molecule is CN(C(=O)OC(C)(C)C)C1CC2CC(Oc3nc(-c4cnn(C)c4)cn4nccc34)[C@@H]1C2. The van der Waals surface area contributed by atoms with Crippen LogP contribution in [0.5, 0.6) is 5.88 Å². The molecule has 0 spiro atoms. The first kappa shape index (κ1) is 20.8. The van der Waals surface area contributed by atoms with Crippen LogP contribution in [0.2, 0.25) is 0 Å². The molecular weight excluding hydrogens is 408 g/mol. The van der Waals surface area contributed by atoms with Gasteiger partial charge in [-0.1, -0.05) is 0 Å². The van der Waals surface area contributed by atoms with E-state index in [1.54, 1.807) is 26.5 Å². The minimum atomic E-state index is -0.511. The van der Waals surface area contributed by atoms with Crippen LogP contribution < -0.4 is 4.74 Å². The van der Waals surface area contributed by atoms with Crippen LogP contribution in [0.3, 0.4) is 0 Å². The molecule has 3 aromatic heterocycles. The van der Waals surface area contributed by atoms with E-state index in [1.165, 1.54) is 0 Å². The van der Waals surface area contributed by atoms with Crippen molar-refractivity contribution in [1.29, 1.82) is 0 Å². The highest BCUT2D eigenvalue weighted by Crippen LogP contribution is 2.48. The molecule has 2 aliphatic rings. The van der Waals surface area contributed by atoms with Crippen LogP contribution in [-0.2, 0) is 11.8 Å². The number of aryl methyl sites for hydroxylation is 1. The topological polar surface area (TPSA) is 86.8 Å². The predicted molar refractivity (Wildman–Crippen MR) is 118 cm³/mol. The molecule has 0 radical (unpaired) electrons. The minimum absolute atomic E-state index is 0.000940. The summed E-state index contributed by atoms with van der Waals surface area (Å²) in [6.07, 6.45) is 10.1. The van der Waals surface area contributed by atoms with Crippen molar-refractivity contribution in [2.75, 3.05) is 7.05 Å². The van der Waals surface area contributed by atoms with Crippen molar-refractivity contribution < 1.29 is 14.3 Å². The number of amides is 1. The van der Waals surface area contributed by atoms with Gasteiger partial charge in [0.1, 0.15) is 17.2 Å². The average Bonchev–Trinajstić information content (AvgIpc) is 3.49. The lowest BCUT2D eigenvalue weighted by atomic mass is 9.91. The van der Waals surface area contributed by atoms with Crippen molar-refractivity contribution in [3.8, 4) is 17.1 Å². The Morgan fingerprint density at radius 2 is 2.00 bits per heavy atom. The van der Waals surface area contributed by atoms with Gasteiger partial charge in [-0.25, -0.2) is 14.3 Å². The Hall–Kier alpha value is -3.10. The zero-order valence-corrected chi connectivity index (χ0v) is 19.2. The van der Waals surface area contributed by atoms with Crippen LogP contribution in [0.25, 0.3) is 16.8 Å². The number of carbonyl (C=O) groups is 1. The van der Waals surface area contributed by atoms with Gasteiger partial charge in [0.05, 0.1) is 24.3 Å². The van der Waals surface area contributed by atoms with Crippen LogP contribution in [0.1, 0.15) is 40.0 Å². The van der Waals surface area contributed by atoms with E-state index >= 15 is 0 Å². The third kappa shape index (κ3) is 3.80. The minimum Gasteiger partial charge on any atom is -0.472 e. The Morgan fingerprint density at radius 1 is 1.19 bits per heavy atom. The Balaban J connectivity index is 1.39. The smallest absolute Gasteiger partial charge is 0.410 e. The van der Waals surface area contributed by atoms with Gasteiger partial charge in [0, 0.05) is 37.8 Å². The lowest BCUT2D eigenvalue weighted by Crippen LogP contribution is -2.47. The third-order valence-electron chi connectivity index (χ3n) is 6.52. The quantitative estimate of drug-likeness (QED) is 0.619. The largest absolute Gasteiger partial charge is 0.472 e. The molecule has 5 rings (SSSR count). The summed E-state index contributed by atoms with van der Waals surface area (Å²) in [6, 6.07) is 2.02. The molecule has 0 N–H and O–H groups in total. The molecule has 2 saturated carbocycles. The first-order valence-corrected chi connectivity index (χ1v) is 11.1. The number of rotatable bonds is 4. The van der Waals surface area contributed by atoms with E-state index in [1.807, 2.05) is 53.3 Å². The van der Waals surface area contributed by atoms with Crippen molar-refractivity contribution in [2.24, 2.45) is 18.9 Å². The van der Waals surface area contributed by atoms with Gasteiger partial charge in [-0.05, 0) is 52.0 Å². The molecule has 1 amide bonds. The van der Waals surface area contributed by atoms with E-state index in [9.17, 15) is 4.79 Å². The Kier molecular flexibility index (Phi) is 4.87. The molecule has 0 saturated heterocycles. The van der Waals surface area contributed by atoms with E-state index in [2.05, 4.69) is 10.2 Å². The first-order valence-electron chi connectivity index (χ1n) is 11.1. The molecule has 2 aliphatic carbocycles. The number of carbonyl (C=O) groups excluding carboxylic acids is 1. The highest BCUT2D eigenvalue weighted by Gasteiger charge is 2.50. The molecule has 0 aromatic carbocycles. The van der Waals surface area contributed by atoms with Gasteiger partial charge in [0.2, 0.25) is 5.88 Å². The molecule has 2 bridgehead atoms. The fraction of sp³-hybridized carbons (Fsp3) is 0.565. The van der Waals surface area contributed by atoms with Gasteiger partial charge in [-0.3, -0.25) is 4.68 Å². The second-order valence-corrected chi connectivity index (χ2v) is 10.0. The van der Waals surface area contributed by atoms with Crippen LogP contribution in [0.15, 0.2) is 30.9 Å². The lowest BCUT2D eigenvalue weighted by Gasteiger charge is -2.36. The molecule has 170 valence electrons. The van der Waals surface area contributed by atoms with Crippen LogP contribution in [0, 0.1) is 11.8 Å². The summed E-state index contributed by atoms with van der Waals surface area (Å²) in [5.74, 6) is 1.37. The summed E-state index contributed by atoms with van der Waals surface area (Å²) in [7, 11) is 3.72. The highest BCUT2D eigenvalue weighted by atomic mass is 16.6. The van der Waals surface area contributed by atoms with Gasteiger partial charge >= 0.3 is 6.09 Å². The molecule has 4 atom stereocenters. The van der Waals surface area contributed by atoms with Gasteiger partial charge in [-0.2, -0.15) is 10.2 Å². The zero-order valence-electron chi connectivity index (χ0n) is 19.2. The lowest BCUT2D eigenvalue weighted by molar-refractivity contribution is 0.00653. The molecule has 3 aromatic rings. The molecule has 0 aliphatic heterocycles. The van der Waals surface area contributed by atoms with Gasteiger partial charge in [0.25, 0.3) is 0 Å². The Bertz CT molecular complexity index is 1150. The van der Waals surface area contributed by atoms with Gasteiger partial charge in [-0.15, -0.1) is 0 Å². The summed E-state index contributed by atoms with van der Waals surface area (Å²) >= 11 is 0. The first-order chi connectivity index (χ1) is 15.2. The number of nitrogens with zero attached hydrogens (tertiary/aromatic N) is 6. The molecule has 9 heteroatoms. The fourth-order valence-electron chi connectivity index (χ4n) is 5.12. The van der Waals surface area contributed by atoms with E-state index in [0.29, 0.717) is 11.8 Å². The highest BCUT2D eigenvalue weighted by molar-refractivity contribution is 5.68. The van der Waals surface area contributed by atoms with Crippen molar-refractivity contribution >= 4 is 11.6 Å². The molecule has 3 unspecified atom stereocenters. The van der Waals surface area contributed by atoms with Gasteiger partial charge < -0.3 is 14.4 Å². The standard InChI is InChI=1S/C23H30N6O3/c1-23(2,3)32-22(30)28(5)19-9-14-8-16(19)20(10-14)31-21-18-6-7-24-29(18)13-17(26-21)15-11-25-27(4)12-15/h6-7,11-14,16,19-20H,8-10H2,1-5H3/t14?,16-,19?,20?/m1/s1. The summed E-state index contributed by atoms with van der Waals surface area (Å²) in [5.41, 5.74) is 1.99. The maximum atomic E-state index is 12.7. The van der Waals surface area contributed by atoms with E-state index in [0.717, 1.165) is 36.0 Å². The molecular formula is C23H30N6O3. The normalized spacial score (nSPS) is 24.8. The van der Waals surface area contributed by atoms with Crippen LogP contribution in [0.4, 0.5) is 4.79 Å². The predicted octanol–water partition coefficient (Wildman–Crippen LogP) is 3.54. The van der Waals surface area contributed by atoms with E-state index in [4.69, 9.17) is 14.5 Å². The van der Waals surface area contributed by atoms with Crippen molar-refractivity contribution in [1.82, 2.24) is 29.3 Å². The van der Waals surface area contributed by atoms with Gasteiger partial charge in [0.15, 0.2) is 0 Å². The van der Waals surface area contributed by atoms with Crippen LogP contribution in [-0.4, -0.2) is 60.2 Å². The second-order valence-electron chi connectivity index (χ2n) is 10.0. The number of fused-ring (bicyclic) bond motifs is 3. The van der Waals surface area contributed by atoms with Crippen LogP contribution >= 0.6 is 0 Å². The average molecular weight is 439 g/mol. The van der Waals surface area contributed by atoms with Crippen molar-refractivity contribution in [2.45, 2.75) is 57.8 Å². The monoisotopic (exact) mass is 438 g/mol.